The number of methoxy groups -OCH3 is 1. The number of carboxylic acids is 1. The molecular formula is C9H10FNO4. The largest absolute Gasteiger partial charge is 0.502 e. The Morgan fingerprint density at radius 3 is 2.67 bits per heavy atom. The van der Waals surface area contributed by atoms with Gasteiger partial charge in [-0.3, -0.25) is 4.79 Å². The van der Waals surface area contributed by atoms with Gasteiger partial charge in [0.15, 0.2) is 17.3 Å². The highest BCUT2D eigenvalue weighted by atomic mass is 19.1. The molecule has 0 bridgehead atoms. The maximum Gasteiger partial charge on any atom is 0.325 e. The first-order valence-electron chi connectivity index (χ1n) is 4.02. The van der Waals surface area contributed by atoms with Gasteiger partial charge >= 0.3 is 5.97 Å². The average molecular weight is 215 g/mol. The zero-order valence-corrected chi connectivity index (χ0v) is 7.90. The normalized spacial score (nSPS) is 12.2. The van der Waals surface area contributed by atoms with E-state index in [9.17, 15) is 14.3 Å². The van der Waals surface area contributed by atoms with E-state index in [1.54, 1.807) is 0 Å². The summed E-state index contributed by atoms with van der Waals surface area (Å²) in [5.74, 6) is -3.19. The van der Waals surface area contributed by atoms with Crippen LogP contribution in [-0.2, 0) is 4.79 Å². The lowest BCUT2D eigenvalue weighted by molar-refractivity contribution is -0.138. The molecule has 0 fully saturated rings. The Balaban J connectivity index is 3.30. The highest BCUT2D eigenvalue weighted by molar-refractivity contribution is 5.77. The number of aromatic hydroxyl groups is 1. The van der Waals surface area contributed by atoms with Crippen LogP contribution in [-0.4, -0.2) is 23.3 Å². The predicted octanol–water partition coefficient (Wildman–Crippen LogP) is 0.624. The van der Waals surface area contributed by atoms with E-state index in [0.29, 0.717) is 0 Å². The van der Waals surface area contributed by atoms with Crippen LogP contribution in [0.2, 0.25) is 0 Å². The quantitative estimate of drug-likeness (QED) is 0.687. The molecule has 0 heterocycles. The summed E-state index contributed by atoms with van der Waals surface area (Å²) in [7, 11) is 1.19. The van der Waals surface area contributed by atoms with Gasteiger partial charge in [-0.25, -0.2) is 4.39 Å². The van der Waals surface area contributed by atoms with Gasteiger partial charge in [-0.1, -0.05) is 0 Å². The van der Waals surface area contributed by atoms with Crippen LogP contribution in [0.1, 0.15) is 11.6 Å². The standard InChI is InChI=1S/C9H10FNO4/c1-15-8-4(6(11)9(13)14)2-3-5(10)7(8)12/h2-3,6,12H,11H2,1H3,(H,13,14). The van der Waals surface area contributed by atoms with Crippen molar-refractivity contribution in [2.75, 3.05) is 7.11 Å². The van der Waals surface area contributed by atoms with Gasteiger partial charge < -0.3 is 20.7 Å². The lowest BCUT2D eigenvalue weighted by Gasteiger charge is -2.13. The first kappa shape index (κ1) is 11.3. The number of nitrogens with two attached hydrogens (primary N) is 1. The number of carbonyl (C=O) groups is 1. The highest BCUT2D eigenvalue weighted by Gasteiger charge is 2.22. The maximum absolute atomic E-state index is 12.9. The second-order valence-corrected chi connectivity index (χ2v) is 2.83. The number of ether oxygens (including phenoxy) is 1. The van der Waals surface area contributed by atoms with Crippen LogP contribution in [0.25, 0.3) is 0 Å². The molecule has 82 valence electrons. The summed E-state index contributed by atoms with van der Waals surface area (Å²) in [6.45, 7) is 0. The SMILES string of the molecule is COc1c(C(N)C(=O)O)ccc(F)c1O. The van der Waals surface area contributed by atoms with Crippen molar-refractivity contribution < 1.29 is 24.1 Å². The van der Waals surface area contributed by atoms with E-state index in [1.807, 2.05) is 0 Å². The molecule has 0 aliphatic heterocycles. The Hall–Kier alpha value is -1.82. The van der Waals surface area contributed by atoms with Gasteiger partial charge in [0, 0.05) is 5.56 Å². The molecule has 0 saturated heterocycles. The van der Waals surface area contributed by atoms with Gasteiger partial charge in [0.05, 0.1) is 7.11 Å². The van der Waals surface area contributed by atoms with Gasteiger partial charge in [0.2, 0.25) is 0 Å². The fraction of sp³-hybridized carbons (Fsp3) is 0.222. The minimum Gasteiger partial charge on any atom is -0.502 e. The van der Waals surface area contributed by atoms with Crippen molar-refractivity contribution in [2.24, 2.45) is 5.73 Å². The molecule has 0 spiro atoms. The molecule has 0 saturated carbocycles. The Morgan fingerprint density at radius 2 is 2.20 bits per heavy atom. The number of hydrogen-bond donors (Lipinski definition) is 3. The third-order valence-electron chi connectivity index (χ3n) is 1.92. The monoisotopic (exact) mass is 215 g/mol. The molecule has 1 aromatic rings. The third kappa shape index (κ3) is 1.99. The van der Waals surface area contributed by atoms with Crippen molar-refractivity contribution in [3.8, 4) is 11.5 Å². The summed E-state index contributed by atoms with van der Waals surface area (Å²) in [6, 6.07) is 0.717. The molecule has 4 N–H and O–H groups in total. The van der Waals surface area contributed by atoms with Crippen molar-refractivity contribution in [1.29, 1.82) is 0 Å². The van der Waals surface area contributed by atoms with E-state index in [1.165, 1.54) is 7.11 Å². The summed E-state index contributed by atoms with van der Waals surface area (Å²) < 4.78 is 17.6. The molecule has 5 nitrogen and oxygen atoms in total. The second kappa shape index (κ2) is 4.14. The summed E-state index contributed by atoms with van der Waals surface area (Å²) in [4.78, 5) is 10.6. The smallest absolute Gasteiger partial charge is 0.325 e. The molecule has 15 heavy (non-hydrogen) atoms. The fourth-order valence-corrected chi connectivity index (χ4v) is 1.16. The van der Waals surface area contributed by atoms with Gasteiger partial charge in [-0.05, 0) is 12.1 Å². The van der Waals surface area contributed by atoms with Gasteiger partial charge in [0.1, 0.15) is 6.04 Å². The van der Waals surface area contributed by atoms with Crippen LogP contribution >= 0.6 is 0 Å². The minimum atomic E-state index is -1.37. The highest BCUT2D eigenvalue weighted by Crippen LogP contribution is 2.35. The van der Waals surface area contributed by atoms with Crippen molar-refractivity contribution in [3.63, 3.8) is 0 Å². The van der Waals surface area contributed by atoms with Crippen molar-refractivity contribution in [3.05, 3.63) is 23.5 Å². The van der Waals surface area contributed by atoms with Crippen LogP contribution < -0.4 is 10.5 Å². The van der Waals surface area contributed by atoms with Crippen LogP contribution in [0.5, 0.6) is 11.5 Å². The fourth-order valence-electron chi connectivity index (χ4n) is 1.16. The van der Waals surface area contributed by atoms with E-state index in [2.05, 4.69) is 0 Å². The van der Waals surface area contributed by atoms with Crippen LogP contribution in [0, 0.1) is 5.82 Å². The number of phenols is 1. The Morgan fingerprint density at radius 1 is 1.60 bits per heavy atom. The van der Waals surface area contributed by atoms with E-state index in [4.69, 9.17) is 15.6 Å². The van der Waals surface area contributed by atoms with Crippen molar-refractivity contribution in [1.82, 2.24) is 0 Å². The van der Waals surface area contributed by atoms with Gasteiger partial charge in [-0.15, -0.1) is 0 Å². The molecule has 0 aliphatic rings. The number of halogens is 1. The zero-order chi connectivity index (χ0) is 11.6. The topological polar surface area (TPSA) is 92.8 Å². The molecule has 1 aromatic carbocycles. The summed E-state index contributed by atoms with van der Waals surface area (Å²) in [6.07, 6.45) is 0. The zero-order valence-electron chi connectivity index (χ0n) is 7.90. The Kier molecular flexibility index (Phi) is 3.11. The predicted molar refractivity (Wildman–Crippen MR) is 49.2 cm³/mol. The number of rotatable bonds is 3. The third-order valence-corrected chi connectivity index (χ3v) is 1.92. The van der Waals surface area contributed by atoms with E-state index >= 15 is 0 Å². The van der Waals surface area contributed by atoms with E-state index < -0.39 is 23.6 Å². The molecule has 0 aliphatic carbocycles. The lowest BCUT2D eigenvalue weighted by atomic mass is 10.1. The van der Waals surface area contributed by atoms with E-state index in [-0.39, 0.29) is 11.3 Å². The Bertz CT molecular complexity index is 394. The molecule has 6 heteroatoms. The minimum absolute atomic E-state index is 0.0175. The summed E-state index contributed by atoms with van der Waals surface area (Å²) in [5.41, 5.74) is 5.34. The maximum atomic E-state index is 12.9. The van der Waals surface area contributed by atoms with Gasteiger partial charge in [0.25, 0.3) is 0 Å². The van der Waals surface area contributed by atoms with Crippen LogP contribution in [0.4, 0.5) is 4.39 Å². The molecule has 0 amide bonds. The van der Waals surface area contributed by atoms with Gasteiger partial charge in [-0.2, -0.15) is 0 Å². The number of benzene rings is 1. The van der Waals surface area contributed by atoms with E-state index in [0.717, 1.165) is 12.1 Å². The molecule has 0 aromatic heterocycles. The molecule has 1 unspecified atom stereocenters. The van der Waals surface area contributed by atoms with Crippen molar-refractivity contribution in [2.45, 2.75) is 6.04 Å². The lowest BCUT2D eigenvalue weighted by Crippen LogP contribution is -2.21. The van der Waals surface area contributed by atoms with Crippen LogP contribution in [0.3, 0.4) is 0 Å². The summed E-state index contributed by atoms with van der Waals surface area (Å²) in [5, 5.41) is 17.9. The number of carboxylic acid groups (broad SMARTS) is 1. The molecule has 1 rings (SSSR count). The first-order chi connectivity index (χ1) is 6.99. The van der Waals surface area contributed by atoms with Crippen LogP contribution in [0.15, 0.2) is 12.1 Å². The molecular weight excluding hydrogens is 205 g/mol. The second-order valence-electron chi connectivity index (χ2n) is 2.83. The molecule has 0 radical (unpaired) electrons. The summed E-state index contributed by atoms with van der Waals surface area (Å²) >= 11 is 0. The number of aliphatic carboxylic acids is 1. The Labute approximate surface area is 84.9 Å². The number of phenolic OH excluding ortho intramolecular Hbond substituents is 1. The number of hydrogen-bond acceptors (Lipinski definition) is 4. The average Bonchev–Trinajstić information content (AvgIpc) is 2.20. The first-order valence-corrected chi connectivity index (χ1v) is 4.02. The molecule has 1 atom stereocenters. The van der Waals surface area contributed by atoms with Crippen molar-refractivity contribution >= 4 is 5.97 Å².